The number of hydrogen-bond donors (Lipinski definition) is 1. The van der Waals surface area contributed by atoms with Crippen LogP contribution in [0.25, 0.3) is 0 Å². The molecule has 0 aliphatic carbocycles. The summed E-state index contributed by atoms with van der Waals surface area (Å²) in [6.45, 7) is 5.02. The van der Waals surface area contributed by atoms with Gasteiger partial charge in [0.25, 0.3) is 0 Å². The minimum atomic E-state index is -1.60. The number of nitrogens with zero attached hydrogens (tertiary/aromatic N) is 1. The van der Waals surface area contributed by atoms with Crippen molar-refractivity contribution >= 4 is 18.0 Å². The van der Waals surface area contributed by atoms with E-state index in [2.05, 4.69) is 0 Å². The lowest BCUT2D eigenvalue weighted by molar-refractivity contribution is -0.153. The molecular weight excluding hydrogens is 298 g/mol. The zero-order valence-corrected chi connectivity index (χ0v) is 13.5. The van der Waals surface area contributed by atoms with Crippen molar-refractivity contribution in [1.29, 1.82) is 0 Å². The van der Waals surface area contributed by atoms with Crippen LogP contribution in [0.2, 0.25) is 0 Å². The largest absolute Gasteiger partial charge is 0.479 e. The van der Waals surface area contributed by atoms with Crippen molar-refractivity contribution in [3.8, 4) is 0 Å². The molecule has 1 heterocycles. The number of rotatable bonds is 3. The van der Waals surface area contributed by atoms with Crippen LogP contribution in [0.1, 0.15) is 39.2 Å². The number of carboxylic acids is 1. The molecule has 6 heteroatoms. The predicted molar refractivity (Wildman–Crippen MR) is 82.8 cm³/mol. The summed E-state index contributed by atoms with van der Waals surface area (Å²) < 4.78 is 5.24. The van der Waals surface area contributed by atoms with Crippen LogP contribution in [0.4, 0.5) is 4.79 Å². The number of imide groups is 1. The number of ether oxygens (including phenoxy) is 1. The molecule has 6 nitrogen and oxygen atoms in total. The lowest BCUT2D eigenvalue weighted by Gasteiger charge is -2.34. The molecule has 0 radical (unpaired) electrons. The molecule has 0 saturated carbocycles. The first-order valence-corrected chi connectivity index (χ1v) is 7.49. The Balaban J connectivity index is 2.38. The number of likely N-dealkylation sites (tertiary alicyclic amines) is 1. The van der Waals surface area contributed by atoms with Crippen LogP contribution in [-0.2, 0) is 20.7 Å². The van der Waals surface area contributed by atoms with Crippen LogP contribution in [-0.4, -0.2) is 39.1 Å². The highest BCUT2D eigenvalue weighted by atomic mass is 16.6. The van der Waals surface area contributed by atoms with Gasteiger partial charge in [0.15, 0.2) is 5.54 Å². The first-order valence-electron chi connectivity index (χ1n) is 7.49. The summed E-state index contributed by atoms with van der Waals surface area (Å²) in [6, 6.07) is 8.96. The van der Waals surface area contributed by atoms with Gasteiger partial charge in [0.2, 0.25) is 5.91 Å². The number of aliphatic carboxylic acids is 1. The number of amides is 2. The van der Waals surface area contributed by atoms with Gasteiger partial charge in [0.1, 0.15) is 5.60 Å². The van der Waals surface area contributed by atoms with Gasteiger partial charge in [-0.05, 0) is 32.8 Å². The van der Waals surface area contributed by atoms with E-state index in [9.17, 15) is 19.5 Å². The van der Waals surface area contributed by atoms with E-state index in [1.54, 1.807) is 45.0 Å². The Morgan fingerprint density at radius 2 is 1.87 bits per heavy atom. The van der Waals surface area contributed by atoms with Gasteiger partial charge >= 0.3 is 12.1 Å². The van der Waals surface area contributed by atoms with E-state index in [0.29, 0.717) is 0 Å². The van der Waals surface area contributed by atoms with Crippen molar-refractivity contribution in [2.45, 2.75) is 51.2 Å². The normalized spacial score (nSPS) is 21.3. The minimum Gasteiger partial charge on any atom is -0.479 e. The zero-order valence-electron chi connectivity index (χ0n) is 13.5. The molecule has 1 atom stereocenters. The molecule has 1 saturated heterocycles. The van der Waals surface area contributed by atoms with Gasteiger partial charge in [-0.25, -0.2) is 14.5 Å². The Labute approximate surface area is 135 Å². The average molecular weight is 319 g/mol. The van der Waals surface area contributed by atoms with E-state index in [0.717, 1.165) is 10.5 Å². The van der Waals surface area contributed by atoms with E-state index in [-0.39, 0.29) is 19.3 Å². The number of carboxylic acid groups (broad SMARTS) is 1. The van der Waals surface area contributed by atoms with Crippen molar-refractivity contribution in [2.75, 3.05) is 0 Å². The lowest BCUT2D eigenvalue weighted by Crippen LogP contribution is -2.57. The van der Waals surface area contributed by atoms with Gasteiger partial charge in [0, 0.05) is 12.8 Å². The topological polar surface area (TPSA) is 83.9 Å². The SMILES string of the molecule is CC(C)(C)OC(=O)N1C(=O)CC[C@@]1(Cc1ccccc1)C(=O)O. The molecule has 0 aromatic heterocycles. The second-order valence-corrected chi connectivity index (χ2v) is 6.71. The maximum atomic E-state index is 12.4. The fourth-order valence-corrected chi connectivity index (χ4v) is 2.74. The second-order valence-electron chi connectivity index (χ2n) is 6.71. The maximum absolute atomic E-state index is 12.4. The van der Waals surface area contributed by atoms with Crippen LogP contribution in [0.3, 0.4) is 0 Å². The zero-order chi connectivity index (χ0) is 17.3. The summed E-state index contributed by atoms with van der Waals surface area (Å²) in [4.78, 5) is 37.3. The van der Waals surface area contributed by atoms with Crippen LogP contribution in [0.5, 0.6) is 0 Å². The van der Waals surface area contributed by atoms with E-state index >= 15 is 0 Å². The Hall–Kier alpha value is -2.37. The molecule has 1 N–H and O–H groups in total. The molecule has 2 amide bonds. The summed E-state index contributed by atoms with van der Waals surface area (Å²) in [7, 11) is 0. The average Bonchev–Trinajstić information content (AvgIpc) is 2.76. The van der Waals surface area contributed by atoms with Gasteiger partial charge < -0.3 is 9.84 Å². The second kappa shape index (κ2) is 6.02. The molecule has 1 aliphatic heterocycles. The molecule has 1 fully saturated rings. The highest BCUT2D eigenvalue weighted by molar-refractivity contribution is 6.01. The molecule has 1 aromatic carbocycles. The molecule has 124 valence electrons. The van der Waals surface area contributed by atoms with E-state index in [1.165, 1.54) is 0 Å². The minimum absolute atomic E-state index is 0.0123. The molecule has 1 aliphatic rings. The summed E-state index contributed by atoms with van der Waals surface area (Å²) in [5.74, 6) is -1.71. The lowest BCUT2D eigenvalue weighted by atomic mass is 9.88. The fraction of sp³-hybridized carbons (Fsp3) is 0.471. The quantitative estimate of drug-likeness (QED) is 0.926. The Morgan fingerprint density at radius 3 is 2.39 bits per heavy atom. The third-order valence-corrected chi connectivity index (χ3v) is 3.74. The summed E-state index contributed by atoms with van der Waals surface area (Å²) in [5, 5.41) is 9.76. The first kappa shape index (κ1) is 17.0. The van der Waals surface area contributed by atoms with E-state index in [4.69, 9.17) is 4.74 Å². The van der Waals surface area contributed by atoms with Crippen molar-refractivity contribution in [1.82, 2.24) is 4.90 Å². The van der Waals surface area contributed by atoms with Crippen molar-refractivity contribution in [3.05, 3.63) is 35.9 Å². The molecule has 0 unspecified atom stereocenters. The van der Waals surface area contributed by atoms with Gasteiger partial charge in [-0.2, -0.15) is 0 Å². The summed E-state index contributed by atoms with van der Waals surface area (Å²) in [5.41, 5.74) is -1.66. The van der Waals surface area contributed by atoms with Crippen molar-refractivity contribution in [2.24, 2.45) is 0 Å². The van der Waals surface area contributed by atoms with Crippen LogP contribution < -0.4 is 0 Å². The molecule has 1 aromatic rings. The van der Waals surface area contributed by atoms with Crippen molar-refractivity contribution in [3.63, 3.8) is 0 Å². The molecule has 2 rings (SSSR count). The highest BCUT2D eigenvalue weighted by Crippen LogP contribution is 2.35. The standard InChI is InChI=1S/C17H21NO5/c1-16(2,3)23-15(22)18-13(19)9-10-17(18,14(20)21)11-12-7-5-4-6-8-12/h4-8H,9-11H2,1-3H3,(H,20,21)/t17-/m1/s1. The molecular formula is C17H21NO5. The third-order valence-electron chi connectivity index (χ3n) is 3.74. The molecule has 0 bridgehead atoms. The first-order chi connectivity index (χ1) is 10.7. The third kappa shape index (κ3) is 3.52. The van der Waals surface area contributed by atoms with E-state index < -0.39 is 29.1 Å². The smallest absolute Gasteiger partial charge is 0.418 e. The van der Waals surface area contributed by atoms with Gasteiger partial charge in [0.05, 0.1) is 0 Å². The van der Waals surface area contributed by atoms with Gasteiger partial charge in [-0.3, -0.25) is 4.79 Å². The fourth-order valence-electron chi connectivity index (χ4n) is 2.74. The number of benzene rings is 1. The highest BCUT2D eigenvalue weighted by Gasteiger charge is 2.55. The summed E-state index contributed by atoms with van der Waals surface area (Å²) in [6.07, 6.45) is -0.750. The Kier molecular flexibility index (Phi) is 4.45. The predicted octanol–water partition coefficient (Wildman–Crippen LogP) is 2.61. The Morgan fingerprint density at radius 1 is 1.26 bits per heavy atom. The summed E-state index contributed by atoms with van der Waals surface area (Å²) >= 11 is 0. The number of hydrogen-bond acceptors (Lipinski definition) is 4. The monoisotopic (exact) mass is 319 g/mol. The van der Waals surface area contributed by atoms with Gasteiger partial charge in [-0.15, -0.1) is 0 Å². The van der Waals surface area contributed by atoms with Gasteiger partial charge in [-0.1, -0.05) is 30.3 Å². The van der Waals surface area contributed by atoms with Crippen molar-refractivity contribution < 1.29 is 24.2 Å². The number of carbonyl (C=O) groups is 3. The molecule has 23 heavy (non-hydrogen) atoms. The van der Waals surface area contributed by atoms with E-state index in [1.807, 2.05) is 6.07 Å². The van der Waals surface area contributed by atoms with Crippen LogP contribution in [0.15, 0.2) is 30.3 Å². The Bertz CT molecular complexity index is 620. The number of carbonyl (C=O) groups excluding carboxylic acids is 2. The maximum Gasteiger partial charge on any atom is 0.418 e. The van der Waals surface area contributed by atoms with Crippen LogP contribution in [0, 0.1) is 0 Å². The van der Waals surface area contributed by atoms with Crippen LogP contribution >= 0.6 is 0 Å². The molecule has 0 spiro atoms.